The molecular weight excluding hydrogens is 380 g/mol. The van der Waals surface area contributed by atoms with Gasteiger partial charge >= 0.3 is 5.97 Å². The molecule has 2 N–H and O–H groups in total. The van der Waals surface area contributed by atoms with E-state index in [4.69, 9.17) is 17.0 Å². The summed E-state index contributed by atoms with van der Waals surface area (Å²) in [7, 11) is 0. The Labute approximate surface area is 168 Å². The second kappa shape index (κ2) is 8.63. The van der Waals surface area contributed by atoms with Crippen LogP contribution in [0.2, 0.25) is 0 Å². The quantitative estimate of drug-likeness (QED) is 0.582. The largest absolute Gasteiger partial charge is 0.462 e. The van der Waals surface area contributed by atoms with Gasteiger partial charge in [0.1, 0.15) is 5.00 Å². The van der Waals surface area contributed by atoms with Crippen molar-refractivity contribution in [1.29, 1.82) is 0 Å². The van der Waals surface area contributed by atoms with Crippen molar-refractivity contribution in [2.75, 3.05) is 11.9 Å². The molecule has 3 rings (SSSR count). The van der Waals surface area contributed by atoms with Crippen molar-refractivity contribution in [3.8, 4) is 0 Å². The number of thiocarbonyl (C=S) groups is 1. The number of ether oxygens (including phenoxy) is 1. The van der Waals surface area contributed by atoms with Gasteiger partial charge in [0.15, 0.2) is 5.11 Å². The van der Waals surface area contributed by atoms with Crippen LogP contribution in [-0.2, 0) is 24.0 Å². The average molecular weight is 403 g/mol. The van der Waals surface area contributed by atoms with Crippen molar-refractivity contribution in [2.24, 2.45) is 0 Å². The van der Waals surface area contributed by atoms with E-state index in [1.54, 1.807) is 19.1 Å². The van der Waals surface area contributed by atoms with Crippen molar-refractivity contribution < 1.29 is 14.3 Å². The van der Waals surface area contributed by atoms with Crippen LogP contribution in [0.15, 0.2) is 24.3 Å². The summed E-state index contributed by atoms with van der Waals surface area (Å²) >= 11 is 6.80. The highest BCUT2D eigenvalue weighted by atomic mass is 32.1. The third kappa shape index (κ3) is 4.36. The van der Waals surface area contributed by atoms with E-state index in [9.17, 15) is 9.59 Å². The van der Waals surface area contributed by atoms with Crippen LogP contribution in [0.25, 0.3) is 0 Å². The SMILES string of the molecule is CCOC(=O)c1c(NC(=S)NC(=O)c2ccc(CC)cc2)sc2c1CCC2. The molecule has 2 aromatic rings. The zero-order chi connectivity index (χ0) is 19.4. The number of hydrogen-bond donors (Lipinski definition) is 2. The molecule has 1 aromatic heterocycles. The summed E-state index contributed by atoms with van der Waals surface area (Å²) in [6.07, 6.45) is 3.78. The fourth-order valence-corrected chi connectivity index (χ4v) is 4.65. The summed E-state index contributed by atoms with van der Waals surface area (Å²) in [5.74, 6) is -0.624. The first-order valence-corrected chi connectivity index (χ1v) is 10.3. The molecule has 0 saturated carbocycles. The van der Waals surface area contributed by atoms with Crippen molar-refractivity contribution in [2.45, 2.75) is 39.5 Å². The number of esters is 1. The second-order valence-electron chi connectivity index (χ2n) is 6.24. The maximum Gasteiger partial charge on any atom is 0.341 e. The van der Waals surface area contributed by atoms with Gasteiger partial charge in [0.25, 0.3) is 5.91 Å². The van der Waals surface area contributed by atoms with Crippen LogP contribution in [0.5, 0.6) is 0 Å². The highest BCUT2D eigenvalue weighted by Crippen LogP contribution is 2.39. The molecule has 0 spiro atoms. The van der Waals surface area contributed by atoms with E-state index >= 15 is 0 Å². The number of nitrogens with one attached hydrogen (secondary N) is 2. The Hall–Kier alpha value is -2.25. The van der Waals surface area contributed by atoms with Gasteiger partial charge in [-0.25, -0.2) is 4.79 Å². The molecular formula is C20H22N2O3S2. The Balaban J connectivity index is 1.72. The third-order valence-electron chi connectivity index (χ3n) is 4.48. The van der Waals surface area contributed by atoms with Gasteiger partial charge in [0, 0.05) is 10.4 Å². The fourth-order valence-electron chi connectivity index (χ4n) is 3.11. The van der Waals surface area contributed by atoms with E-state index in [0.29, 0.717) is 22.7 Å². The van der Waals surface area contributed by atoms with Crippen LogP contribution in [0.4, 0.5) is 5.00 Å². The molecule has 1 aromatic carbocycles. The van der Waals surface area contributed by atoms with Crippen LogP contribution in [0, 0.1) is 0 Å². The van der Waals surface area contributed by atoms with E-state index in [-0.39, 0.29) is 17.0 Å². The minimum absolute atomic E-state index is 0.171. The van der Waals surface area contributed by atoms with Crippen molar-refractivity contribution >= 4 is 45.5 Å². The fraction of sp³-hybridized carbons (Fsp3) is 0.350. The van der Waals surface area contributed by atoms with Gasteiger partial charge in [-0.15, -0.1) is 11.3 Å². The molecule has 1 aliphatic rings. The summed E-state index contributed by atoms with van der Waals surface area (Å²) in [5.41, 5.74) is 3.30. The molecule has 5 nitrogen and oxygen atoms in total. The molecule has 0 saturated heterocycles. The molecule has 27 heavy (non-hydrogen) atoms. The molecule has 1 heterocycles. The van der Waals surface area contributed by atoms with Crippen LogP contribution in [0.3, 0.4) is 0 Å². The highest BCUT2D eigenvalue weighted by Gasteiger charge is 2.28. The lowest BCUT2D eigenvalue weighted by Crippen LogP contribution is -2.34. The van der Waals surface area contributed by atoms with Gasteiger partial charge < -0.3 is 10.1 Å². The lowest BCUT2D eigenvalue weighted by Gasteiger charge is -2.11. The topological polar surface area (TPSA) is 67.4 Å². The molecule has 142 valence electrons. The van der Waals surface area contributed by atoms with Crippen molar-refractivity contribution in [3.05, 3.63) is 51.4 Å². The highest BCUT2D eigenvalue weighted by molar-refractivity contribution is 7.80. The number of benzene rings is 1. The van der Waals surface area contributed by atoms with Crippen LogP contribution in [0.1, 0.15) is 57.0 Å². The summed E-state index contributed by atoms with van der Waals surface area (Å²) < 4.78 is 5.20. The van der Waals surface area contributed by atoms with E-state index in [1.807, 2.05) is 12.1 Å². The predicted octanol–water partition coefficient (Wildman–Crippen LogP) is 4.10. The van der Waals surface area contributed by atoms with E-state index < -0.39 is 0 Å². The number of carbonyl (C=O) groups is 2. The van der Waals surface area contributed by atoms with Crippen LogP contribution >= 0.6 is 23.6 Å². The molecule has 0 bridgehead atoms. The number of hydrogen-bond acceptors (Lipinski definition) is 5. The van der Waals surface area contributed by atoms with Crippen molar-refractivity contribution in [1.82, 2.24) is 5.32 Å². The Bertz CT molecular complexity index is 872. The van der Waals surface area contributed by atoms with Crippen LogP contribution in [-0.4, -0.2) is 23.6 Å². The first kappa shape index (κ1) is 19.5. The summed E-state index contributed by atoms with van der Waals surface area (Å²) in [5, 5.41) is 6.52. The lowest BCUT2D eigenvalue weighted by molar-refractivity contribution is 0.0527. The minimum Gasteiger partial charge on any atom is -0.462 e. The van der Waals surface area contributed by atoms with Crippen molar-refractivity contribution in [3.63, 3.8) is 0 Å². The molecule has 1 amide bonds. The Morgan fingerprint density at radius 3 is 2.59 bits per heavy atom. The van der Waals surface area contributed by atoms with Gasteiger partial charge in [0.05, 0.1) is 12.2 Å². The maximum absolute atomic E-state index is 12.4. The monoisotopic (exact) mass is 402 g/mol. The molecule has 7 heteroatoms. The molecule has 0 aliphatic heterocycles. The Morgan fingerprint density at radius 1 is 1.19 bits per heavy atom. The first-order valence-electron chi connectivity index (χ1n) is 9.06. The zero-order valence-corrected chi connectivity index (χ0v) is 17.0. The number of fused-ring (bicyclic) bond motifs is 1. The van der Waals surface area contributed by atoms with Gasteiger partial charge in [-0.3, -0.25) is 10.1 Å². The standard InChI is InChI=1S/C20H22N2O3S2/c1-3-12-8-10-13(11-9-12)17(23)21-20(26)22-18-16(19(24)25-4-2)14-6-5-7-15(14)27-18/h8-11H,3-7H2,1-2H3,(H2,21,22,23,26). The average Bonchev–Trinajstić information content (AvgIpc) is 3.22. The van der Waals surface area contributed by atoms with Gasteiger partial charge in [-0.1, -0.05) is 19.1 Å². The summed E-state index contributed by atoms with van der Waals surface area (Å²) in [4.78, 5) is 25.9. The summed E-state index contributed by atoms with van der Waals surface area (Å²) in [6, 6.07) is 7.41. The van der Waals surface area contributed by atoms with E-state index in [0.717, 1.165) is 31.2 Å². The Kier molecular flexibility index (Phi) is 6.23. The number of amides is 1. The third-order valence-corrected chi connectivity index (χ3v) is 5.89. The second-order valence-corrected chi connectivity index (χ2v) is 7.75. The molecule has 0 unspecified atom stereocenters. The number of thiophene rings is 1. The molecule has 1 aliphatic carbocycles. The zero-order valence-electron chi connectivity index (χ0n) is 15.4. The smallest absolute Gasteiger partial charge is 0.341 e. The number of carbonyl (C=O) groups excluding carboxylic acids is 2. The van der Waals surface area contributed by atoms with Gasteiger partial charge in [0.2, 0.25) is 0 Å². The Morgan fingerprint density at radius 2 is 1.93 bits per heavy atom. The number of aryl methyl sites for hydroxylation is 2. The molecule has 0 radical (unpaired) electrons. The molecule has 0 fully saturated rings. The number of anilines is 1. The van der Waals surface area contributed by atoms with Gasteiger partial charge in [-0.2, -0.15) is 0 Å². The maximum atomic E-state index is 12.4. The normalized spacial score (nSPS) is 12.4. The molecule has 0 atom stereocenters. The number of rotatable bonds is 5. The predicted molar refractivity (Wildman–Crippen MR) is 112 cm³/mol. The van der Waals surface area contributed by atoms with Crippen LogP contribution < -0.4 is 10.6 Å². The first-order chi connectivity index (χ1) is 13.0. The van der Waals surface area contributed by atoms with Gasteiger partial charge in [-0.05, 0) is 68.1 Å². The van der Waals surface area contributed by atoms with E-state index in [1.165, 1.54) is 21.8 Å². The summed E-state index contributed by atoms with van der Waals surface area (Å²) in [6.45, 7) is 4.16. The lowest BCUT2D eigenvalue weighted by atomic mass is 10.1. The minimum atomic E-state index is -0.344. The van der Waals surface area contributed by atoms with E-state index in [2.05, 4.69) is 17.6 Å².